The molecule has 2 aromatic carbocycles. The van der Waals surface area contributed by atoms with Crippen LogP contribution in [-0.4, -0.2) is 43.2 Å². The maximum Gasteiger partial charge on any atom is 0.00693 e. The van der Waals surface area contributed by atoms with Gasteiger partial charge in [-0.1, -0.05) is 60.7 Å². The summed E-state index contributed by atoms with van der Waals surface area (Å²) in [6.07, 6.45) is 3.41. The number of hydrogen-bond donors (Lipinski definition) is 0. The second kappa shape index (κ2) is 9.25. The van der Waals surface area contributed by atoms with Gasteiger partial charge in [0.05, 0.1) is 0 Å². The summed E-state index contributed by atoms with van der Waals surface area (Å²) in [6.45, 7) is 2.34. The first-order valence-electron chi connectivity index (χ1n) is 7.36. The lowest BCUT2D eigenvalue weighted by molar-refractivity contribution is 0.379. The molecule has 3 heteroatoms. The maximum absolute atomic E-state index is 2.46. The van der Waals surface area contributed by atoms with Gasteiger partial charge in [-0.3, -0.25) is 0 Å². The predicted octanol–water partition coefficient (Wildman–Crippen LogP) is 3.41. The van der Waals surface area contributed by atoms with E-state index in [2.05, 4.69) is 78.9 Å². The molecule has 0 unspecified atom stereocenters. The van der Waals surface area contributed by atoms with Gasteiger partial charge in [-0.15, -0.1) is 0 Å². The van der Waals surface area contributed by atoms with Crippen LogP contribution in [0, 0.1) is 0 Å². The van der Waals surface area contributed by atoms with Crippen molar-refractivity contribution in [3.8, 4) is 0 Å². The molecule has 0 spiro atoms. The molecule has 0 bridgehead atoms. The van der Waals surface area contributed by atoms with Gasteiger partial charge in [0.2, 0.25) is 0 Å². The minimum absolute atomic E-state index is 0.247. The summed E-state index contributed by atoms with van der Waals surface area (Å²) in [7, 11) is 1.99. The molecule has 0 saturated heterocycles. The summed E-state index contributed by atoms with van der Waals surface area (Å²) in [6, 6.07) is 22.0. The van der Waals surface area contributed by atoms with Crippen molar-refractivity contribution in [2.24, 2.45) is 0 Å². The molecule has 0 amide bonds. The zero-order chi connectivity index (χ0) is 14.9. The minimum Gasteiger partial charge on any atom is -0.305 e. The third kappa shape index (κ3) is 5.47. The summed E-state index contributed by atoms with van der Waals surface area (Å²) in [5.74, 6) is 1.21. The van der Waals surface area contributed by atoms with Crippen LogP contribution in [0.3, 0.4) is 0 Å². The van der Waals surface area contributed by atoms with Crippen LogP contribution < -0.4 is 10.6 Å². The second-order valence-electron chi connectivity index (χ2n) is 5.12. The Hall–Kier alpha value is -0.820. The first kappa shape index (κ1) is 16.5. The molecule has 2 rings (SSSR count). The van der Waals surface area contributed by atoms with Crippen LogP contribution in [-0.2, 0) is 0 Å². The Kier molecular flexibility index (Phi) is 7.29. The molecule has 0 N–H and O–H groups in total. The molecular weight excluding hydrogens is 293 g/mol. The van der Waals surface area contributed by atoms with E-state index in [1.807, 2.05) is 11.8 Å². The third-order valence-corrected chi connectivity index (χ3v) is 6.60. The summed E-state index contributed by atoms with van der Waals surface area (Å²) in [4.78, 5) is 2.46. The number of rotatable bonds is 8. The van der Waals surface area contributed by atoms with Crippen molar-refractivity contribution in [1.29, 1.82) is 0 Å². The van der Waals surface area contributed by atoms with Crippen molar-refractivity contribution < 1.29 is 0 Å². The quantitative estimate of drug-likeness (QED) is 0.686. The number of hydrogen-bond acceptors (Lipinski definition) is 2. The highest BCUT2D eigenvalue weighted by Gasteiger charge is 2.13. The minimum atomic E-state index is -0.247. The number of nitrogens with zero attached hydrogens (tertiary/aromatic N) is 1. The van der Waals surface area contributed by atoms with E-state index in [0.29, 0.717) is 0 Å². The average Bonchev–Trinajstić information content (AvgIpc) is 2.55. The van der Waals surface area contributed by atoms with E-state index < -0.39 is 0 Å². The maximum atomic E-state index is 2.46. The van der Waals surface area contributed by atoms with Gasteiger partial charge in [0, 0.05) is 18.8 Å². The van der Waals surface area contributed by atoms with Gasteiger partial charge in [0.15, 0.2) is 0 Å². The Morgan fingerprint density at radius 3 is 1.86 bits per heavy atom. The van der Waals surface area contributed by atoms with Crippen molar-refractivity contribution in [2.45, 2.75) is 0 Å². The lowest BCUT2D eigenvalue weighted by Crippen LogP contribution is -2.27. The van der Waals surface area contributed by atoms with E-state index in [0.717, 1.165) is 6.54 Å². The normalized spacial score (nSPS) is 11.2. The van der Waals surface area contributed by atoms with Crippen LogP contribution in [0.2, 0.25) is 0 Å². The Bertz CT molecular complexity index is 464. The Morgan fingerprint density at radius 1 is 0.857 bits per heavy atom. The summed E-state index contributed by atoms with van der Waals surface area (Å²) in [5, 5.41) is 2.97. The summed E-state index contributed by atoms with van der Waals surface area (Å²) < 4.78 is 0. The molecule has 2 aromatic rings. The molecule has 0 saturated carbocycles. The highest BCUT2D eigenvalue weighted by Crippen LogP contribution is 2.32. The fourth-order valence-electron chi connectivity index (χ4n) is 2.25. The van der Waals surface area contributed by atoms with Crippen molar-refractivity contribution in [2.75, 3.05) is 38.3 Å². The Balaban J connectivity index is 2.07. The van der Waals surface area contributed by atoms with Crippen molar-refractivity contribution in [3.63, 3.8) is 0 Å². The van der Waals surface area contributed by atoms with Gasteiger partial charge in [-0.2, -0.15) is 11.8 Å². The molecule has 0 radical (unpaired) electrons. The van der Waals surface area contributed by atoms with Crippen molar-refractivity contribution in [3.05, 3.63) is 60.7 Å². The standard InChI is InChI=1S/C18H24NPS/c1-19(14-16-21-2)13-15-20(17-9-5-3-6-10-17)18-11-7-4-8-12-18/h3-12H,13-16H2,1-2H3. The Labute approximate surface area is 134 Å². The van der Waals surface area contributed by atoms with Crippen molar-refractivity contribution >= 4 is 30.3 Å². The van der Waals surface area contributed by atoms with Crippen LogP contribution in [0.1, 0.15) is 0 Å². The van der Waals surface area contributed by atoms with Gasteiger partial charge < -0.3 is 4.90 Å². The van der Waals surface area contributed by atoms with Gasteiger partial charge in [-0.05, 0) is 38.0 Å². The smallest absolute Gasteiger partial charge is 0.00693 e. The monoisotopic (exact) mass is 317 g/mol. The summed E-state index contributed by atoms with van der Waals surface area (Å²) >= 11 is 1.92. The van der Waals surface area contributed by atoms with E-state index in [-0.39, 0.29) is 7.92 Å². The van der Waals surface area contributed by atoms with Crippen molar-refractivity contribution in [1.82, 2.24) is 4.90 Å². The molecule has 0 aliphatic rings. The van der Waals surface area contributed by atoms with Gasteiger partial charge in [-0.25, -0.2) is 0 Å². The topological polar surface area (TPSA) is 3.24 Å². The van der Waals surface area contributed by atoms with Crippen LogP contribution in [0.25, 0.3) is 0 Å². The second-order valence-corrected chi connectivity index (χ2v) is 8.44. The highest BCUT2D eigenvalue weighted by molar-refractivity contribution is 7.98. The molecule has 1 nitrogen and oxygen atoms in total. The number of thioether (sulfide) groups is 1. The molecule has 0 aromatic heterocycles. The molecular formula is C18H24NPS. The van der Waals surface area contributed by atoms with E-state index in [9.17, 15) is 0 Å². The van der Waals surface area contributed by atoms with Crippen LogP contribution in [0.15, 0.2) is 60.7 Å². The van der Waals surface area contributed by atoms with Crippen LogP contribution in [0.4, 0.5) is 0 Å². The first-order valence-corrected chi connectivity index (χ1v) is 10.3. The average molecular weight is 317 g/mol. The molecule has 112 valence electrons. The molecule has 0 aliphatic carbocycles. The SMILES string of the molecule is CSCCN(C)CCP(c1ccccc1)c1ccccc1. The zero-order valence-corrected chi connectivity index (χ0v) is 14.6. The van der Waals surface area contributed by atoms with Crippen LogP contribution >= 0.6 is 19.7 Å². The largest absolute Gasteiger partial charge is 0.305 e. The fourth-order valence-corrected chi connectivity index (χ4v) is 5.17. The predicted molar refractivity (Wildman–Crippen MR) is 99.8 cm³/mol. The van der Waals surface area contributed by atoms with Gasteiger partial charge >= 0.3 is 0 Å². The van der Waals surface area contributed by atoms with Crippen LogP contribution in [0.5, 0.6) is 0 Å². The molecule has 21 heavy (non-hydrogen) atoms. The third-order valence-electron chi connectivity index (χ3n) is 3.52. The lowest BCUT2D eigenvalue weighted by atomic mass is 10.4. The lowest BCUT2D eigenvalue weighted by Gasteiger charge is -2.22. The number of benzene rings is 2. The van der Waals surface area contributed by atoms with E-state index >= 15 is 0 Å². The fraction of sp³-hybridized carbons (Fsp3) is 0.333. The van der Waals surface area contributed by atoms with Gasteiger partial charge in [0.25, 0.3) is 0 Å². The van der Waals surface area contributed by atoms with E-state index in [1.165, 1.54) is 29.1 Å². The Morgan fingerprint density at radius 2 is 1.38 bits per heavy atom. The molecule has 0 heterocycles. The highest BCUT2D eigenvalue weighted by atomic mass is 32.2. The van der Waals surface area contributed by atoms with Gasteiger partial charge in [0.1, 0.15) is 0 Å². The first-order chi connectivity index (χ1) is 10.3. The van der Waals surface area contributed by atoms with E-state index in [1.54, 1.807) is 0 Å². The molecule has 0 aliphatic heterocycles. The van der Waals surface area contributed by atoms with E-state index in [4.69, 9.17) is 0 Å². The zero-order valence-electron chi connectivity index (χ0n) is 12.9. The summed E-state index contributed by atoms with van der Waals surface area (Å²) in [5.41, 5.74) is 0. The molecule has 0 atom stereocenters. The molecule has 0 fully saturated rings.